The number of anilines is 1. The topological polar surface area (TPSA) is 93.9 Å². The summed E-state index contributed by atoms with van der Waals surface area (Å²) in [5.74, 6) is -0.333. The molecule has 0 aliphatic carbocycles. The number of carbonyl (C=O) groups excluding carboxylic acids is 1. The van der Waals surface area contributed by atoms with Crippen LogP contribution >= 0.6 is 11.3 Å². The van der Waals surface area contributed by atoms with Crippen LogP contribution in [0.25, 0.3) is 22.0 Å². The van der Waals surface area contributed by atoms with Gasteiger partial charge < -0.3 is 0 Å². The number of fused-ring (bicyclic) bond motifs is 1. The third kappa shape index (κ3) is 4.41. The van der Waals surface area contributed by atoms with Gasteiger partial charge in [0.15, 0.2) is 15.0 Å². The second-order valence-corrected chi connectivity index (χ2v) is 9.34. The summed E-state index contributed by atoms with van der Waals surface area (Å²) in [7, 11) is -3.29. The Kier molecular flexibility index (Phi) is 4.99. The quantitative estimate of drug-likeness (QED) is 0.495. The minimum Gasteiger partial charge on any atom is -0.298 e. The van der Waals surface area contributed by atoms with Crippen molar-refractivity contribution in [3.05, 3.63) is 72.6 Å². The predicted molar refractivity (Wildman–Crippen MR) is 114 cm³/mol. The molecule has 0 aliphatic rings. The summed E-state index contributed by atoms with van der Waals surface area (Å²) in [4.78, 5) is 16.8. The molecule has 9 heteroatoms. The zero-order valence-electron chi connectivity index (χ0n) is 15.3. The fourth-order valence-corrected chi connectivity index (χ4v) is 4.28. The summed E-state index contributed by atoms with van der Waals surface area (Å²) in [6.07, 6.45) is 7.71. The first-order valence-electron chi connectivity index (χ1n) is 8.58. The van der Waals surface area contributed by atoms with Crippen molar-refractivity contribution >= 4 is 48.5 Å². The van der Waals surface area contributed by atoms with Crippen LogP contribution in [-0.4, -0.2) is 35.3 Å². The van der Waals surface area contributed by atoms with Crippen LogP contribution in [0.1, 0.15) is 5.56 Å². The summed E-state index contributed by atoms with van der Waals surface area (Å²) >= 11 is 1.22. The van der Waals surface area contributed by atoms with Crippen LogP contribution in [0.5, 0.6) is 0 Å². The molecule has 0 spiro atoms. The molecule has 0 saturated carbocycles. The fraction of sp³-hybridized carbons (Fsp3) is 0.0500. The van der Waals surface area contributed by atoms with Crippen LogP contribution in [0.2, 0.25) is 0 Å². The SMILES string of the molecule is CS(=O)(=O)c1ccc2nc(NC(=O)/C=C/c3cnn(-c4ccccc4)c3)sc2c1. The third-order valence-electron chi connectivity index (χ3n) is 4.07. The molecule has 0 bridgehead atoms. The zero-order chi connectivity index (χ0) is 20.4. The minimum absolute atomic E-state index is 0.224. The highest BCUT2D eigenvalue weighted by Gasteiger charge is 2.11. The van der Waals surface area contributed by atoms with Gasteiger partial charge in [-0.3, -0.25) is 10.1 Å². The predicted octanol–water partition coefficient (Wildman–Crippen LogP) is 3.54. The Labute approximate surface area is 171 Å². The lowest BCUT2D eigenvalue weighted by Gasteiger charge is -1.98. The first-order chi connectivity index (χ1) is 13.9. The van der Waals surface area contributed by atoms with Gasteiger partial charge in [0.2, 0.25) is 5.91 Å². The fourth-order valence-electron chi connectivity index (χ4n) is 2.65. The number of aromatic nitrogens is 3. The monoisotopic (exact) mass is 424 g/mol. The Morgan fingerprint density at radius 2 is 1.97 bits per heavy atom. The second-order valence-electron chi connectivity index (χ2n) is 6.30. The first kappa shape index (κ1) is 19.0. The molecule has 1 N–H and O–H groups in total. The molecule has 0 unspecified atom stereocenters. The second kappa shape index (κ2) is 7.61. The van der Waals surface area contributed by atoms with Gasteiger partial charge in [-0.1, -0.05) is 29.5 Å². The Morgan fingerprint density at radius 3 is 2.72 bits per heavy atom. The molecular weight excluding hydrogens is 408 g/mol. The summed E-state index contributed by atoms with van der Waals surface area (Å²) in [6, 6.07) is 14.4. The molecule has 2 aromatic heterocycles. The third-order valence-corrected chi connectivity index (χ3v) is 6.11. The van der Waals surface area contributed by atoms with E-state index in [1.165, 1.54) is 23.5 Å². The maximum absolute atomic E-state index is 12.2. The highest BCUT2D eigenvalue weighted by atomic mass is 32.2. The Hall–Kier alpha value is -3.30. The average molecular weight is 425 g/mol. The number of nitrogens with one attached hydrogen (secondary N) is 1. The van der Waals surface area contributed by atoms with Gasteiger partial charge in [0.25, 0.3) is 0 Å². The normalized spacial score (nSPS) is 11.9. The number of benzene rings is 2. The van der Waals surface area contributed by atoms with Crippen LogP contribution < -0.4 is 5.32 Å². The van der Waals surface area contributed by atoms with Gasteiger partial charge in [0.05, 0.1) is 27.0 Å². The number of amides is 1. The average Bonchev–Trinajstić information content (AvgIpc) is 3.32. The van der Waals surface area contributed by atoms with Crippen molar-refractivity contribution in [1.29, 1.82) is 0 Å². The molecule has 7 nitrogen and oxygen atoms in total. The van der Waals surface area contributed by atoms with E-state index in [2.05, 4.69) is 15.4 Å². The van der Waals surface area contributed by atoms with E-state index in [4.69, 9.17) is 0 Å². The Balaban J connectivity index is 1.46. The smallest absolute Gasteiger partial charge is 0.250 e. The van der Waals surface area contributed by atoms with Gasteiger partial charge in [0.1, 0.15) is 0 Å². The van der Waals surface area contributed by atoms with E-state index in [1.807, 2.05) is 36.5 Å². The number of para-hydroxylation sites is 1. The molecule has 0 fully saturated rings. The largest absolute Gasteiger partial charge is 0.298 e. The first-order valence-corrected chi connectivity index (χ1v) is 11.3. The van der Waals surface area contributed by atoms with E-state index >= 15 is 0 Å². The lowest BCUT2D eigenvalue weighted by atomic mass is 10.3. The van der Waals surface area contributed by atoms with E-state index in [1.54, 1.807) is 29.1 Å². The standard InChI is InChI=1S/C20H16N4O3S2/c1-29(26,27)16-8-9-17-18(11-16)28-20(22-17)23-19(25)10-7-14-12-21-24(13-14)15-5-3-2-4-6-15/h2-13H,1H3,(H,22,23,25)/b10-7+. The van der Waals surface area contributed by atoms with E-state index in [0.29, 0.717) is 15.3 Å². The maximum Gasteiger partial charge on any atom is 0.250 e. The Bertz CT molecular complexity index is 1320. The van der Waals surface area contributed by atoms with Gasteiger partial charge in [-0.15, -0.1) is 0 Å². The molecule has 0 atom stereocenters. The molecular formula is C20H16N4O3S2. The highest BCUT2D eigenvalue weighted by Crippen LogP contribution is 2.28. The van der Waals surface area contributed by atoms with Gasteiger partial charge in [-0.2, -0.15) is 5.10 Å². The maximum atomic E-state index is 12.2. The molecule has 4 aromatic rings. The highest BCUT2D eigenvalue weighted by molar-refractivity contribution is 7.90. The molecule has 146 valence electrons. The molecule has 0 saturated heterocycles. The van der Waals surface area contributed by atoms with Gasteiger partial charge in [-0.05, 0) is 36.4 Å². The summed E-state index contributed by atoms with van der Waals surface area (Å²) in [6.45, 7) is 0. The number of hydrogen-bond donors (Lipinski definition) is 1. The molecule has 29 heavy (non-hydrogen) atoms. The number of hydrogen-bond acceptors (Lipinski definition) is 6. The van der Waals surface area contributed by atoms with Crippen LogP contribution in [-0.2, 0) is 14.6 Å². The molecule has 0 radical (unpaired) electrons. The number of sulfone groups is 1. The van der Waals surface area contributed by atoms with Crippen molar-refractivity contribution in [2.75, 3.05) is 11.6 Å². The van der Waals surface area contributed by atoms with Gasteiger partial charge >= 0.3 is 0 Å². The van der Waals surface area contributed by atoms with Gasteiger partial charge in [-0.25, -0.2) is 18.1 Å². The Morgan fingerprint density at radius 1 is 1.17 bits per heavy atom. The van der Waals surface area contributed by atoms with Crippen molar-refractivity contribution in [2.24, 2.45) is 0 Å². The van der Waals surface area contributed by atoms with Crippen molar-refractivity contribution in [3.8, 4) is 5.69 Å². The summed E-state index contributed by atoms with van der Waals surface area (Å²) < 4.78 is 25.8. The molecule has 1 amide bonds. The van der Waals surface area contributed by atoms with E-state index < -0.39 is 9.84 Å². The molecule has 4 rings (SSSR count). The van der Waals surface area contributed by atoms with Crippen molar-refractivity contribution in [2.45, 2.75) is 4.90 Å². The number of thiazole rings is 1. The van der Waals surface area contributed by atoms with E-state index in [-0.39, 0.29) is 10.8 Å². The minimum atomic E-state index is -3.29. The van der Waals surface area contributed by atoms with Crippen molar-refractivity contribution in [1.82, 2.24) is 14.8 Å². The van der Waals surface area contributed by atoms with Gasteiger partial charge in [0, 0.05) is 24.1 Å². The number of carbonyl (C=O) groups is 1. The zero-order valence-corrected chi connectivity index (χ0v) is 16.9. The molecule has 2 aromatic carbocycles. The number of nitrogens with zero attached hydrogens (tertiary/aromatic N) is 3. The van der Waals surface area contributed by atoms with E-state index in [0.717, 1.165) is 17.5 Å². The lowest BCUT2D eigenvalue weighted by molar-refractivity contribution is -0.111. The van der Waals surface area contributed by atoms with Crippen LogP contribution in [0.4, 0.5) is 5.13 Å². The van der Waals surface area contributed by atoms with Crippen molar-refractivity contribution in [3.63, 3.8) is 0 Å². The van der Waals surface area contributed by atoms with Crippen molar-refractivity contribution < 1.29 is 13.2 Å². The van der Waals surface area contributed by atoms with Crippen LogP contribution in [0.3, 0.4) is 0 Å². The van der Waals surface area contributed by atoms with E-state index in [9.17, 15) is 13.2 Å². The summed E-state index contributed by atoms with van der Waals surface area (Å²) in [5, 5.41) is 7.39. The molecule has 2 heterocycles. The van der Waals surface area contributed by atoms with Crippen LogP contribution in [0.15, 0.2) is 71.9 Å². The lowest BCUT2D eigenvalue weighted by Crippen LogP contribution is -2.07. The van der Waals surface area contributed by atoms with Crippen LogP contribution in [0, 0.1) is 0 Å². The summed E-state index contributed by atoms with van der Waals surface area (Å²) in [5.41, 5.74) is 2.34. The molecule has 0 aliphatic heterocycles. The number of rotatable bonds is 5.